The highest BCUT2D eigenvalue weighted by Gasteiger charge is 2.44. The molecule has 0 unspecified atom stereocenters. The summed E-state index contributed by atoms with van der Waals surface area (Å²) in [7, 11) is 0. The van der Waals surface area contributed by atoms with Crippen LogP contribution in [0.5, 0.6) is 0 Å². The number of rotatable bonds is 5. The van der Waals surface area contributed by atoms with Crippen LogP contribution in [0.25, 0.3) is 0 Å². The van der Waals surface area contributed by atoms with Gasteiger partial charge in [-0.1, -0.05) is 25.0 Å². The second kappa shape index (κ2) is 7.69. The van der Waals surface area contributed by atoms with E-state index in [1.54, 1.807) is 18.2 Å². The zero-order valence-corrected chi connectivity index (χ0v) is 15.2. The number of nitriles is 1. The molecule has 1 aliphatic rings. The molecule has 1 aromatic rings. The van der Waals surface area contributed by atoms with Gasteiger partial charge in [-0.25, -0.2) is 0 Å². The van der Waals surface area contributed by atoms with E-state index < -0.39 is 5.41 Å². The van der Waals surface area contributed by atoms with E-state index >= 15 is 0 Å². The number of ether oxygens (including phenoxy) is 1. The van der Waals surface area contributed by atoms with Gasteiger partial charge < -0.3 is 10.1 Å². The van der Waals surface area contributed by atoms with Crippen LogP contribution in [0.2, 0.25) is 0 Å². The third kappa shape index (κ3) is 5.32. The number of amides is 1. The molecule has 0 heterocycles. The van der Waals surface area contributed by atoms with Crippen molar-refractivity contribution in [3.63, 3.8) is 0 Å². The molecule has 2 rings (SSSR count). The lowest BCUT2D eigenvalue weighted by atomic mass is 9.82. The number of esters is 1. The van der Waals surface area contributed by atoms with Crippen LogP contribution >= 0.6 is 0 Å². The van der Waals surface area contributed by atoms with Crippen LogP contribution in [0, 0.1) is 16.7 Å². The summed E-state index contributed by atoms with van der Waals surface area (Å²) in [6.07, 6.45) is 3.40. The van der Waals surface area contributed by atoms with Crippen LogP contribution in [-0.4, -0.2) is 17.4 Å². The van der Waals surface area contributed by atoms with E-state index in [0.29, 0.717) is 18.4 Å². The number of hydrogen-bond acceptors (Lipinski definition) is 4. The molecule has 1 aromatic carbocycles. The molecule has 1 N–H and O–H groups in total. The van der Waals surface area contributed by atoms with Gasteiger partial charge in [-0.3, -0.25) is 9.59 Å². The van der Waals surface area contributed by atoms with Crippen LogP contribution < -0.4 is 5.32 Å². The van der Waals surface area contributed by atoms with Gasteiger partial charge in [-0.15, -0.1) is 0 Å². The summed E-state index contributed by atoms with van der Waals surface area (Å²) in [5.74, 6) is -0.422. The molecular formula is C20H26N2O3. The van der Waals surface area contributed by atoms with Gasteiger partial charge in [-0.05, 0) is 51.3 Å². The van der Waals surface area contributed by atoms with E-state index in [-0.39, 0.29) is 30.4 Å². The first kappa shape index (κ1) is 19.0. The Balaban J connectivity index is 2.02. The maximum absolute atomic E-state index is 12.7. The monoisotopic (exact) mass is 342 g/mol. The molecule has 1 fully saturated rings. The molecule has 1 amide bonds. The van der Waals surface area contributed by atoms with E-state index in [0.717, 1.165) is 18.4 Å². The molecule has 1 saturated carbocycles. The van der Waals surface area contributed by atoms with Crippen LogP contribution in [0.3, 0.4) is 0 Å². The van der Waals surface area contributed by atoms with Crippen molar-refractivity contribution in [1.29, 1.82) is 5.26 Å². The van der Waals surface area contributed by atoms with Gasteiger partial charge in [0.1, 0.15) is 6.61 Å². The Morgan fingerprint density at radius 1 is 1.28 bits per heavy atom. The number of nitrogens with one attached hydrogen (secondary N) is 1. The van der Waals surface area contributed by atoms with Gasteiger partial charge in [0.25, 0.3) is 0 Å². The molecule has 0 aliphatic heterocycles. The Hall–Kier alpha value is -2.35. The number of carbonyl (C=O) groups excluding carboxylic acids is 2. The minimum atomic E-state index is -0.720. The highest BCUT2D eigenvalue weighted by molar-refractivity contribution is 5.86. The van der Waals surface area contributed by atoms with Crippen molar-refractivity contribution in [2.24, 2.45) is 5.41 Å². The van der Waals surface area contributed by atoms with Crippen molar-refractivity contribution >= 4 is 11.9 Å². The second-order valence-electron chi connectivity index (χ2n) is 7.85. The van der Waals surface area contributed by atoms with Crippen LogP contribution in [0.15, 0.2) is 24.3 Å². The smallest absolute Gasteiger partial charge is 0.312 e. The average Bonchev–Trinajstić information content (AvgIpc) is 3.00. The van der Waals surface area contributed by atoms with Crippen molar-refractivity contribution in [3.8, 4) is 6.07 Å². The van der Waals surface area contributed by atoms with E-state index in [1.807, 2.05) is 26.8 Å². The summed E-state index contributed by atoms with van der Waals surface area (Å²) in [6, 6.07) is 9.08. The molecule has 0 atom stereocenters. The van der Waals surface area contributed by atoms with E-state index in [4.69, 9.17) is 10.00 Å². The summed E-state index contributed by atoms with van der Waals surface area (Å²) < 4.78 is 5.52. The summed E-state index contributed by atoms with van der Waals surface area (Å²) in [5.41, 5.74) is 0.272. The fourth-order valence-electron chi connectivity index (χ4n) is 3.31. The van der Waals surface area contributed by atoms with Crippen LogP contribution in [-0.2, 0) is 20.9 Å². The number of nitrogens with zero attached hydrogens (tertiary/aromatic N) is 1. The second-order valence-corrected chi connectivity index (χ2v) is 7.85. The van der Waals surface area contributed by atoms with Gasteiger partial charge in [-0.2, -0.15) is 5.26 Å². The SMILES string of the molecule is CC(C)(C)NC(=O)CC1(C(=O)OCc2cccc(C#N)c2)CCCC1. The fraction of sp³-hybridized carbons (Fsp3) is 0.550. The van der Waals surface area contributed by atoms with Gasteiger partial charge in [0.15, 0.2) is 0 Å². The molecule has 0 saturated heterocycles. The lowest BCUT2D eigenvalue weighted by Gasteiger charge is -2.28. The maximum atomic E-state index is 12.7. The molecule has 0 aromatic heterocycles. The van der Waals surface area contributed by atoms with E-state index in [1.165, 1.54) is 0 Å². The maximum Gasteiger partial charge on any atom is 0.312 e. The summed E-state index contributed by atoms with van der Waals surface area (Å²) >= 11 is 0. The Kier molecular flexibility index (Phi) is 5.84. The molecule has 1 aliphatic carbocycles. The van der Waals surface area contributed by atoms with Crippen LogP contribution in [0.4, 0.5) is 0 Å². The lowest BCUT2D eigenvalue weighted by Crippen LogP contribution is -2.44. The molecular weight excluding hydrogens is 316 g/mol. The van der Waals surface area contributed by atoms with Crippen molar-refractivity contribution in [3.05, 3.63) is 35.4 Å². The van der Waals surface area contributed by atoms with Gasteiger partial charge >= 0.3 is 5.97 Å². The minimum absolute atomic E-state index is 0.113. The zero-order chi connectivity index (χ0) is 18.5. The Morgan fingerprint density at radius 3 is 2.56 bits per heavy atom. The Labute approximate surface area is 149 Å². The standard InChI is InChI=1S/C20H26N2O3/c1-19(2,3)22-17(23)12-20(9-4-5-10-20)18(24)25-14-16-8-6-7-15(11-16)13-21/h6-8,11H,4-5,9-10,12,14H2,1-3H3,(H,22,23). The first-order valence-corrected chi connectivity index (χ1v) is 8.71. The Bertz CT molecular complexity index is 677. The number of benzene rings is 1. The molecule has 0 radical (unpaired) electrons. The molecule has 25 heavy (non-hydrogen) atoms. The van der Waals surface area contributed by atoms with Gasteiger partial charge in [0, 0.05) is 12.0 Å². The molecule has 0 bridgehead atoms. The molecule has 0 spiro atoms. The minimum Gasteiger partial charge on any atom is -0.460 e. The van der Waals surface area contributed by atoms with Crippen molar-refractivity contribution in [2.75, 3.05) is 0 Å². The lowest BCUT2D eigenvalue weighted by molar-refractivity contribution is -0.159. The number of hydrogen-bond donors (Lipinski definition) is 1. The molecule has 134 valence electrons. The zero-order valence-electron chi connectivity index (χ0n) is 15.2. The summed E-state index contributed by atoms with van der Waals surface area (Å²) in [6.45, 7) is 5.89. The normalized spacial score (nSPS) is 16.1. The van der Waals surface area contributed by atoms with E-state index in [9.17, 15) is 9.59 Å². The quantitative estimate of drug-likeness (QED) is 0.831. The van der Waals surface area contributed by atoms with Crippen molar-refractivity contribution in [1.82, 2.24) is 5.32 Å². The first-order valence-electron chi connectivity index (χ1n) is 8.71. The van der Waals surface area contributed by atoms with Crippen molar-refractivity contribution < 1.29 is 14.3 Å². The van der Waals surface area contributed by atoms with E-state index in [2.05, 4.69) is 11.4 Å². The van der Waals surface area contributed by atoms with Gasteiger partial charge in [0.05, 0.1) is 17.0 Å². The van der Waals surface area contributed by atoms with Crippen molar-refractivity contribution in [2.45, 2.75) is 65.0 Å². The predicted molar refractivity (Wildman–Crippen MR) is 94.4 cm³/mol. The number of carbonyl (C=O) groups is 2. The summed E-state index contributed by atoms with van der Waals surface area (Å²) in [4.78, 5) is 25.1. The first-order chi connectivity index (χ1) is 11.7. The third-order valence-corrected chi connectivity index (χ3v) is 4.43. The molecule has 5 heteroatoms. The predicted octanol–water partition coefficient (Wildman–Crippen LogP) is 3.47. The molecule has 5 nitrogen and oxygen atoms in total. The topological polar surface area (TPSA) is 79.2 Å². The fourth-order valence-corrected chi connectivity index (χ4v) is 3.31. The summed E-state index contributed by atoms with van der Waals surface area (Å²) in [5, 5.41) is 11.9. The largest absolute Gasteiger partial charge is 0.460 e. The Morgan fingerprint density at radius 2 is 1.96 bits per heavy atom. The average molecular weight is 342 g/mol. The van der Waals surface area contributed by atoms with Crippen LogP contribution in [0.1, 0.15) is 64.0 Å². The third-order valence-electron chi connectivity index (χ3n) is 4.43. The van der Waals surface area contributed by atoms with Gasteiger partial charge in [0.2, 0.25) is 5.91 Å². The highest BCUT2D eigenvalue weighted by atomic mass is 16.5. The highest BCUT2D eigenvalue weighted by Crippen LogP contribution is 2.42.